The van der Waals surface area contributed by atoms with Crippen LogP contribution < -0.4 is 0 Å². The first-order valence-electron chi connectivity index (χ1n) is 8.79. The molecule has 136 valence electrons. The van der Waals surface area contributed by atoms with Crippen molar-refractivity contribution in [3.05, 3.63) is 91.1 Å². The molecule has 0 aliphatic heterocycles. The minimum absolute atomic E-state index is 0.401. The van der Waals surface area contributed by atoms with Gasteiger partial charge < -0.3 is 17.7 Å². The maximum Gasteiger partial charge on any atom is 0.223 e. The number of benzene rings is 3. The Morgan fingerprint density at radius 1 is 0.464 bits per heavy atom. The Hall–Kier alpha value is -3.99. The third kappa shape index (κ3) is 3.33. The van der Waals surface area contributed by atoms with E-state index in [9.17, 15) is 0 Å². The SMILES string of the molecule is c1cc2cc(c1)oc1ccccc1oc1cc(ccn1)oc1ccccc1o2. The van der Waals surface area contributed by atoms with Crippen molar-refractivity contribution in [1.29, 1.82) is 0 Å². The number of hydrogen-bond acceptors (Lipinski definition) is 5. The van der Waals surface area contributed by atoms with Crippen LogP contribution in [0.1, 0.15) is 0 Å². The van der Waals surface area contributed by atoms with Gasteiger partial charge in [0.05, 0.1) is 0 Å². The zero-order chi connectivity index (χ0) is 18.8. The molecule has 5 nitrogen and oxygen atoms in total. The van der Waals surface area contributed by atoms with Crippen LogP contribution in [0.4, 0.5) is 0 Å². The molecule has 0 aliphatic carbocycles. The average molecular weight is 369 g/mol. The van der Waals surface area contributed by atoms with Crippen molar-refractivity contribution < 1.29 is 17.7 Å². The molecule has 3 aromatic carbocycles. The van der Waals surface area contributed by atoms with Crippen molar-refractivity contribution in [1.82, 2.24) is 4.98 Å². The molecule has 0 spiro atoms. The highest BCUT2D eigenvalue weighted by atomic mass is 16.4. The largest absolute Gasteiger partial charge is 0.453 e. The van der Waals surface area contributed by atoms with Gasteiger partial charge in [-0.05, 0) is 42.5 Å². The zero-order valence-corrected chi connectivity index (χ0v) is 14.7. The number of rotatable bonds is 0. The van der Waals surface area contributed by atoms with E-state index in [2.05, 4.69) is 4.98 Å². The summed E-state index contributed by atoms with van der Waals surface area (Å²) in [4.78, 5) is 4.27. The van der Waals surface area contributed by atoms with E-state index in [0.29, 0.717) is 44.8 Å². The van der Waals surface area contributed by atoms with E-state index in [1.807, 2.05) is 72.8 Å². The predicted octanol–water partition coefficient (Wildman–Crippen LogP) is 6.88. The molecule has 0 unspecified atom stereocenters. The lowest BCUT2D eigenvalue weighted by Crippen LogP contribution is -1.75. The van der Waals surface area contributed by atoms with Crippen LogP contribution in [-0.2, 0) is 0 Å². The molecule has 0 radical (unpaired) electrons. The van der Waals surface area contributed by atoms with Crippen molar-refractivity contribution in [2.24, 2.45) is 0 Å². The second kappa shape index (κ2) is 6.96. The molecule has 28 heavy (non-hydrogen) atoms. The maximum absolute atomic E-state index is 6.05. The van der Waals surface area contributed by atoms with Gasteiger partial charge in [-0.3, -0.25) is 0 Å². The lowest BCUT2D eigenvalue weighted by molar-refractivity contribution is 0.598. The highest BCUT2D eigenvalue weighted by Crippen LogP contribution is 2.19. The second-order valence-corrected chi connectivity index (χ2v) is 6.11. The molecule has 2 heterocycles. The highest BCUT2D eigenvalue weighted by molar-refractivity contribution is 5.73. The Kier molecular flexibility index (Phi) is 4.03. The van der Waals surface area contributed by atoms with E-state index in [4.69, 9.17) is 17.7 Å². The number of para-hydroxylation sites is 4. The Labute approximate surface area is 159 Å². The van der Waals surface area contributed by atoms with Crippen LogP contribution in [0.3, 0.4) is 0 Å². The van der Waals surface area contributed by atoms with Gasteiger partial charge in [0.1, 0.15) is 16.7 Å². The van der Waals surface area contributed by atoms with E-state index in [-0.39, 0.29) is 0 Å². The van der Waals surface area contributed by atoms with Gasteiger partial charge in [0.15, 0.2) is 22.3 Å². The van der Waals surface area contributed by atoms with Gasteiger partial charge in [0.25, 0.3) is 0 Å². The van der Waals surface area contributed by atoms with Gasteiger partial charge in [-0.25, -0.2) is 4.98 Å². The Balaban J connectivity index is 2.01. The van der Waals surface area contributed by atoms with E-state index < -0.39 is 0 Å². The normalized spacial score (nSPS) is 10.9. The topological polar surface area (TPSA) is 65.5 Å². The summed E-state index contributed by atoms with van der Waals surface area (Å²) in [5, 5.41) is 0. The summed E-state index contributed by atoms with van der Waals surface area (Å²) in [7, 11) is 0. The van der Waals surface area contributed by atoms with Gasteiger partial charge >= 0.3 is 0 Å². The van der Waals surface area contributed by atoms with E-state index in [1.54, 1.807) is 18.3 Å². The standard InChI is InChI=1S/C23H15NO4/c1-2-9-20-19(8-1)25-16-6-5-7-17(14-16)26-21-10-3-4-11-22(21)28-23-15-18(27-20)12-13-24-23/h1-15H. The summed E-state index contributed by atoms with van der Waals surface area (Å²) in [5.74, 6) is 0. The van der Waals surface area contributed by atoms with Crippen molar-refractivity contribution >= 4 is 44.8 Å². The lowest BCUT2D eigenvalue weighted by Gasteiger charge is -1.97. The lowest BCUT2D eigenvalue weighted by atomic mass is 10.3. The number of aromatic nitrogens is 1. The first-order valence-corrected chi connectivity index (χ1v) is 8.79. The van der Waals surface area contributed by atoms with Crippen LogP contribution in [0.5, 0.6) is 0 Å². The molecule has 0 fully saturated rings. The summed E-state index contributed by atoms with van der Waals surface area (Å²) >= 11 is 0. The van der Waals surface area contributed by atoms with E-state index >= 15 is 0 Å². The molecule has 0 amide bonds. The van der Waals surface area contributed by atoms with Crippen molar-refractivity contribution in [3.63, 3.8) is 0 Å². The number of nitrogens with zero attached hydrogens (tertiary/aromatic N) is 1. The van der Waals surface area contributed by atoms with E-state index in [0.717, 1.165) is 0 Å². The zero-order valence-electron chi connectivity index (χ0n) is 14.7. The van der Waals surface area contributed by atoms with Crippen molar-refractivity contribution in [2.75, 3.05) is 0 Å². The number of hydrogen-bond donors (Lipinski definition) is 0. The molecule has 0 saturated heterocycles. The summed E-state index contributed by atoms with van der Waals surface area (Å²) in [5.41, 5.74) is 4.56. The first-order chi connectivity index (χ1) is 13.8. The molecule has 5 rings (SSSR count). The van der Waals surface area contributed by atoms with Crippen LogP contribution in [0.15, 0.2) is 109 Å². The summed E-state index contributed by atoms with van der Waals surface area (Å²) in [6.07, 6.45) is 1.63. The average Bonchev–Trinajstić information content (AvgIpc) is 2.71. The Bertz CT molecular complexity index is 1220. The van der Waals surface area contributed by atoms with Crippen LogP contribution in [0.2, 0.25) is 0 Å². The van der Waals surface area contributed by atoms with Gasteiger partial charge in [0, 0.05) is 18.3 Å². The maximum atomic E-state index is 6.05. The van der Waals surface area contributed by atoms with Crippen LogP contribution in [-0.4, -0.2) is 4.98 Å². The van der Waals surface area contributed by atoms with E-state index in [1.165, 1.54) is 0 Å². The van der Waals surface area contributed by atoms with Crippen molar-refractivity contribution in [3.8, 4) is 0 Å². The van der Waals surface area contributed by atoms with Gasteiger partial charge in [-0.1, -0.05) is 30.3 Å². The molecule has 0 saturated carbocycles. The molecule has 4 bridgehead atoms. The number of fused-ring (bicyclic) bond motifs is 6. The van der Waals surface area contributed by atoms with Crippen LogP contribution in [0, 0.1) is 0 Å². The Morgan fingerprint density at radius 2 is 0.964 bits per heavy atom. The molecular formula is C23H15NO4. The van der Waals surface area contributed by atoms with Crippen LogP contribution in [0.25, 0.3) is 44.8 Å². The minimum atomic E-state index is 0.401. The fraction of sp³-hybridized carbons (Fsp3) is 0. The van der Waals surface area contributed by atoms with Gasteiger partial charge in [0.2, 0.25) is 5.71 Å². The first kappa shape index (κ1) is 16.2. The van der Waals surface area contributed by atoms with Gasteiger partial charge in [-0.15, -0.1) is 0 Å². The monoisotopic (exact) mass is 369 g/mol. The molecule has 0 atom stereocenters. The predicted molar refractivity (Wildman–Crippen MR) is 107 cm³/mol. The second-order valence-electron chi connectivity index (χ2n) is 6.11. The molecule has 5 aromatic rings. The fourth-order valence-electron chi connectivity index (χ4n) is 2.84. The van der Waals surface area contributed by atoms with Crippen molar-refractivity contribution in [2.45, 2.75) is 0 Å². The quantitative estimate of drug-likeness (QED) is 0.298. The minimum Gasteiger partial charge on any atom is -0.453 e. The molecule has 0 aliphatic rings. The highest BCUT2D eigenvalue weighted by Gasteiger charge is 1.98. The fourth-order valence-corrected chi connectivity index (χ4v) is 2.84. The third-order valence-corrected chi connectivity index (χ3v) is 4.11. The summed E-state index contributed by atoms with van der Waals surface area (Å²) < 4.78 is 24.1. The molecule has 5 heteroatoms. The smallest absolute Gasteiger partial charge is 0.223 e. The Morgan fingerprint density at radius 3 is 1.54 bits per heavy atom. The molecule has 2 aromatic heterocycles. The molecule has 0 N–H and O–H groups in total. The third-order valence-electron chi connectivity index (χ3n) is 4.11. The van der Waals surface area contributed by atoms with Crippen LogP contribution >= 0.6 is 0 Å². The molecular weight excluding hydrogens is 354 g/mol. The number of pyridine rings is 1. The summed E-state index contributed by atoms with van der Waals surface area (Å²) in [6, 6.07) is 25.8. The summed E-state index contributed by atoms with van der Waals surface area (Å²) in [6.45, 7) is 0. The van der Waals surface area contributed by atoms with Gasteiger partial charge in [-0.2, -0.15) is 0 Å².